The fourth-order valence-corrected chi connectivity index (χ4v) is 4.35. The molecule has 36 heavy (non-hydrogen) atoms. The molecule has 2 heterocycles. The van der Waals surface area contributed by atoms with Gasteiger partial charge in [0.15, 0.2) is 0 Å². The largest absolute Gasteiger partial charge is 0.433 e. The van der Waals surface area contributed by atoms with Gasteiger partial charge in [-0.25, -0.2) is 4.98 Å². The smallest absolute Gasteiger partial charge is 0.319 e. The van der Waals surface area contributed by atoms with Crippen molar-refractivity contribution in [2.75, 3.05) is 5.32 Å². The Labute approximate surface area is 213 Å². The van der Waals surface area contributed by atoms with Gasteiger partial charge in [0.2, 0.25) is 0 Å². The number of alkyl halides is 3. The van der Waals surface area contributed by atoms with Crippen molar-refractivity contribution in [1.29, 1.82) is 5.26 Å². The highest BCUT2D eigenvalue weighted by molar-refractivity contribution is 9.10. The summed E-state index contributed by atoms with van der Waals surface area (Å²) in [5.41, 5.74) is 2.26. The second-order valence-corrected chi connectivity index (χ2v) is 9.27. The SMILES string of the molecule is Cc1nn(CCCc2ccc(C#N)cc2)c(C)c1NC(=O)c1cc(C(F)(F)F)nc2ccc(Br)cc12. The predicted octanol–water partition coefficient (Wildman–Crippen LogP) is 6.59. The molecule has 0 spiro atoms. The number of hydrogen-bond acceptors (Lipinski definition) is 4. The lowest BCUT2D eigenvalue weighted by atomic mass is 10.1. The minimum absolute atomic E-state index is 0.0742. The number of amides is 1. The Morgan fingerprint density at radius 2 is 1.86 bits per heavy atom. The van der Waals surface area contributed by atoms with Crippen molar-refractivity contribution in [3.05, 3.63) is 86.8 Å². The van der Waals surface area contributed by atoms with Crippen LogP contribution in [0.25, 0.3) is 10.9 Å². The maximum atomic E-state index is 13.4. The average Bonchev–Trinajstić information content (AvgIpc) is 3.10. The molecule has 0 aliphatic rings. The third-order valence-electron chi connectivity index (χ3n) is 5.84. The Balaban J connectivity index is 1.56. The van der Waals surface area contributed by atoms with E-state index in [1.807, 2.05) is 12.1 Å². The third kappa shape index (κ3) is 5.41. The summed E-state index contributed by atoms with van der Waals surface area (Å²) in [6, 6.07) is 14.8. The van der Waals surface area contributed by atoms with Crippen LogP contribution in [0.2, 0.25) is 0 Å². The quantitative estimate of drug-likeness (QED) is 0.291. The number of aryl methyl sites for hydroxylation is 3. The molecule has 1 amide bonds. The first-order valence-corrected chi connectivity index (χ1v) is 11.9. The summed E-state index contributed by atoms with van der Waals surface area (Å²) in [7, 11) is 0. The van der Waals surface area contributed by atoms with Gasteiger partial charge in [-0.05, 0) is 68.7 Å². The topological polar surface area (TPSA) is 83.6 Å². The number of nitriles is 1. The number of fused-ring (bicyclic) bond motifs is 1. The first-order chi connectivity index (χ1) is 17.1. The number of nitrogens with one attached hydrogen (secondary N) is 1. The number of anilines is 1. The Morgan fingerprint density at radius 1 is 1.14 bits per heavy atom. The van der Waals surface area contributed by atoms with E-state index in [9.17, 15) is 18.0 Å². The number of aromatic nitrogens is 3. The van der Waals surface area contributed by atoms with Gasteiger partial charge in [0.05, 0.1) is 39.8 Å². The summed E-state index contributed by atoms with van der Waals surface area (Å²) < 4.78 is 42.7. The van der Waals surface area contributed by atoms with E-state index in [-0.39, 0.29) is 11.1 Å². The van der Waals surface area contributed by atoms with Crippen LogP contribution in [0, 0.1) is 25.2 Å². The van der Waals surface area contributed by atoms with Crippen LogP contribution < -0.4 is 5.32 Å². The molecule has 0 unspecified atom stereocenters. The molecule has 2 aromatic carbocycles. The molecule has 0 fully saturated rings. The summed E-state index contributed by atoms with van der Waals surface area (Å²) in [6.07, 6.45) is -3.13. The van der Waals surface area contributed by atoms with E-state index >= 15 is 0 Å². The first-order valence-electron chi connectivity index (χ1n) is 11.1. The van der Waals surface area contributed by atoms with E-state index in [4.69, 9.17) is 5.26 Å². The molecule has 0 bridgehead atoms. The zero-order chi connectivity index (χ0) is 26.0. The van der Waals surface area contributed by atoms with Gasteiger partial charge in [-0.1, -0.05) is 28.1 Å². The lowest BCUT2D eigenvalue weighted by Crippen LogP contribution is -2.17. The van der Waals surface area contributed by atoms with E-state index in [1.54, 1.807) is 42.8 Å². The predicted molar refractivity (Wildman–Crippen MR) is 134 cm³/mol. The third-order valence-corrected chi connectivity index (χ3v) is 6.34. The van der Waals surface area contributed by atoms with Gasteiger partial charge < -0.3 is 5.32 Å². The maximum absolute atomic E-state index is 13.4. The normalized spacial score (nSPS) is 11.5. The van der Waals surface area contributed by atoms with Crippen molar-refractivity contribution < 1.29 is 18.0 Å². The van der Waals surface area contributed by atoms with Crippen molar-refractivity contribution in [3.63, 3.8) is 0 Å². The molecule has 0 aliphatic carbocycles. The van der Waals surface area contributed by atoms with Gasteiger partial charge in [-0.15, -0.1) is 0 Å². The molecule has 0 atom stereocenters. The fraction of sp³-hybridized carbons (Fsp3) is 0.231. The molecule has 1 N–H and O–H groups in total. The minimum atomic E-state index is -4.69. The number of halogens is 4. The molecule has 0 saturated heterocycles. The van der Waals surface area contributed by atoms with Gasteiger partial charge in [0.1, 0.15) is 5.69 Å². The Hall–Kier alpha value is -3.71. The summed E-state index contributed by atoms with van der Waals surface area (Å²) in [4.78, 5) is 16.9. The summed E-state index contributed by atoms with van der Waals surface area (Å²) in [5.74, 6) is -0.672. The molecular formula is C26H21BrF3N5O. The number of pyridine rings is 1. The van der Waals surface area contributed by atoms with Crippen LogP contribution in [-0.2, 0) is 19.1 Å². The molecule has 184 valence electrons. The molecule has 4 aromatic rings. The van der Waals surface area contributed by atoms with E-state index in [0.29, 0.717) is 39.0 Å². The zero-order valence-corrected chi connectivity index (χ0v) is 21.0. The van der Waals surface area contributed by atoms with Crippen LogP contribution in [0.15, 0.2) is 53.0 Å². The number of carbonyl (C=O) groups is 1. The Bertz CT molecular complexity index is 1490. The lowest BCUT2D eigenvalue weighted by molar-refractivity contribution is -0.140. The molecule has 6 nitrogen and oxygen atoms in total. The monoisotopic (exact) mass is 555 g/mol. The number of rotatable bonds is 6. The molecule has 2 aromatic heterocycles. The second-order valence-electron chi connectivity index (χ2n) is 8.35. The average molecular weight is 556 g/mol. The van der Waals surface area contributed by atoms with Gasteiger partial charge in [0, 0.05) is 16.4 Å². The van der Waals surface area contributed by atoms with Crippen LogP contribution in [-0.4, -0.2) is 20.7 Å². The highest BCUT2D eigenvalue weighted by Crippen LogP contribution is 2.32. The van der Waals surface area contributed by atoms with Crippen LogP contribution in [0.5, 0.6) is 0 Å². The minimum Gasteiger partial charge on any atom is -0.319 e. The van der Waals surface area contributed by atoms with E-state index in [2.05, 4.69) is 37.4 Å². The van der Waals surface area contributed by atoms with Crippen LogP contribution in [0.1, 0.15) is 45.0 Å². The van der Waals surface area contributed by atoms with Gasteiger partial charge in [-0.3, -0.25) is 9.48 Å². The Kier molecular flexibility index (Phi) is 7.13. The van der Waals surface area contributed by atoms with Crippen LogP contribution >= 0.6 is 15.9 Å². The second kappa shape index (κ2) is 10.1. The van der Waals surface area contributed by atoms with Crippen molar-refractivity contribution in [2.45, 2.75) is 39.4 Å². The van der Waals surface area contributed by atoms with Gasteiger partial charge in [0.25, 0.3) is 5.91 Å². The van der Waals surface area contributed by atoms with Gasteiger partial charge in [-0.2, -0.15) is 23.5 Å². The Morgan fingerprint density at radius 3 is 2.53 bits per heavy atom. The molecule has 10 heteroatoms. The standard InChI is InChI=1S/C26H21BrF3N5O/c1-15-24(16(2)35(34-15)11-3-4-17-5-7-18(14-31)8-6-17)33-25(36)21-13-23(26(28,29)30)32-22-10-9-19(27)12-20(21)22/h5-10,12-13H,3-4,11H2,1-2H3,(H,33,36). The maximum Gasteiger partial charge on any atom is 0.433 e. The van der Waals surface area contributed by atoms with Crippen molar-refractivity contribution >= 4 is 38.4 Å². The van der Waals surface area contributed by atoms with Crippen molar-refractivity contribution in [2.24, 2.45) is 0 Å². The summed E-state index contributed by atoms with van der Waals surface area (Å²) >= 11 is 3.31. The van der Waals surface area contributed by atoms with E-state index in [1.165, 1.54) is 6.07 Å². The number of benzene rings is 2. The fourth-order valence-electron chi connectivity index (χ4n) is 3.99. The van der Waals surface area contributed by atoms with E-state index in [0.717, 1.165) is 24.5 Å². The highest BCUT2D eigenvalue weighted by Gasteiger charge is 2.34. The molecule has 0 aliphatic heterocycles. The molecular weight excluding hydrogens is 535 g/mol. The van der Waals surface area contributed by atoms with Crippen molar-refractivity contribution in [1.82, 2.24) is 14.8 Å². The van der Waals surface area contributed by atoms with Gasteiger partial charge >= 0.3 is 6.18 Å². The number of nitrogens with zero attached hydrogens (tertiary/aromatic N) is 4. The van der Waals surface area contributed by atoms with Crippen LogP contribution in [0.3, 0.4) is 0 Å². The molecule has 0 radical (unpaired) electrons. The zero-order valence-electron chi connectivity index (χ0n) is 19.4. The highest BCUT2D eigenvalue weighted by atomic mass is 79.9. The summed E-state index contributed by atoms with van der Waals surface area (Å²) in [6.45, 7) is 4.13. The molecule has 0 saturated carbocycles. The summed E-state index contributed by atoms with van der Waals surface area (Å²) in [5, 5.41) is 16.5. The van der Waals surface area contributed by atoms with Crippen LogP contribution in [0.4, 0.5) is 18.9 Å². The lowest BCUT2D eigenvalue weighted by Gasteiger charge is -2.13. The first kappa shape index (κ1) is 25.4. The number of carbonyl (C=O) groups excluding carboxylic acids is 1. The molecule has 4 rings (SSSR count). The number of hydrogen-bond donors (Lipinski definition) is 1. The van der Waals surface area contributed by atoms with E-state index < -0.39 is 17.8 Å². The van der Waals surface area contributed by atoms with Crippen molar-refractivity contribution in [3.8, 4) is 6.07 Å².